The maximum atomic E-state index is 12.8. The van der Waals surface area contributed by atoms with Gasteiger partial charge in [0.15, 0.2) is 0 Å². The van der Waals surface area contributed by atoms with Gasteiger partial charge in [0.1, 0.15) is 0 Å². The number of aryl methyl sites for hydroxylation is 1. The van der Waals surface area contributed by atoms with Crippen LogP contribution < -0.4 is 5.32 Å². The SMILES string of the molecule is CCCN(C(=O)c1ccc(Br)cc1C)C1CCCNC1. The van der Waals surface area contributed by atoms with Crippen LogP contribution in [-0.2, 0) is 0 Å². The molecule has 1 unspecified atom stereocenters. The first-order valence-corrected chi connectivity index (χ1v) is 8.20. The molecule has 0 radical (unpaired) electrons. The molecule has 1 heterocycles. The van der Waals surface area contributed by atoms with Gasteiger partial charge in [-0.2, -0.15) is 0 Å². The summed E-state index contributed by atoms with van der Waals surface area (Å²) in [5, 5.41) is 3.40. The summed E-state index contributed by atoms with van der Waals surface area (Å²) in [5.41, 5.74) is 1.86. The molecule has 1 aromatic carbocycles. The molecule has 0 saturated carbocycles. The molecule has 2 rings (SSSR count). The first-order valence-electron chi connectivity index (χ1n) is 7.41. The molecule has 1 amide bonds. The topological polar surface area (TPSA) is 32.3 Å². The minimum atomic E-state index is 0.172. The Balaban J connectivity index is 2.21. The number of rotatable bonds is 4. The van der Waals surface area contributed by atoms with E-state index in [9.17, 15) is 4.79 Å². The fourth-order valence-corrected chi connectivity index (χ4v) is 3.29. The van der Waals surface area contributed by atoms with Crippen molar-refractivity contribution in [3.8, 4) is 0 Å². The van der Waals surface area contributed by atoms with Crippen molar-refractivity contribution in [3.05, 3.63) is 33.8 Å². The third-order valence-corrected chi connectivity index (χ3v) is 4.35. The molecule has 110 valence electrons. The predicted molar refractivity (Wildman–Crippen MR) is 86.1 cm³/mol. The molecule has 1 aromatic rings. The number of carbonyl (C=O) groups excluding carboxylic acids is 1. The van der Waals surface area contributed by atoms with E-state index in [0.29, 0.717) is 6.04 Å². The zero-order chi connectivity index (χ0) is 14.5. The van der Waals surface area contributed by atoms with Gasteiger partial charge in [-0.25, -0.2) is 0 Å². The van der Waals surface area contributed by atoms with Crippen LogP contribution in [0.1, 0.15) is 42.1 Å². The molecule has 1 atom stereocenters. The van der Waals surface area contributed by atoms with Crippen LogP contribution in [0.3, 0.4) is 0 Å². The number of piperidine rings is 1. The third-order valence-electron chi connectivity index (χ3n) is 3.86. The Morgan fingerprint density at radius 1 is 1.50 bits per heavy atom. The fraction of sp³-hybridized carbons (Fsp3) is 0.562. The van der Waals surface area contributed by atoms with Gasteiger partial charge in [0, 0.05) is 29.2 Å². The first-order chi connectivity index (χ1) is 9.63. The highest BCUT2D eigenvalue weighted by molar-refractivity contribution is 9.10. The summed E-state index contributed by atoms with van der Waals surface area (Å²) in [6, 6.07) is 6.22. The van der Waals surface area contributed by atoms with E-state index in [2.05, 4.69) is 33.1 Å². The summed E-state index contributed by atoms with van der Waals surface area (Å²) in [5.74, 6) is 0.172. The number of carbonyl (C=O) groups is 1. The zero-order valence-electron chi connectivity index (χ0n) is 12.3. The van der Waals surface area contributed by atoms with Crippen molar-refractivity contribution in [3.63, 3.8) is 0 Å². The standard InChI is InChI=1S/C16H23BrN2O/c1-3-9-19(14-5-4-8-18-11-14)16(20)15-7-6-13(17)10-12(15)2/h6-7,10,14,18H,3-5,8-9,11H2,1-2H3. The van der Waals surface area contributed by atoms with E-state index in [-0.39, 0.29) is 5.91 Å². The van der Waals surface area contributed by atoms with Crippen LogP contribution in [0.2, 0.25) is 0 Å². The van der Waals surface area contributed by atoms with E-state index in [1.165, 1.54) is 0 Å². The van der Waals surface area contributed by atoms with E-state index in [4.69, 9.17) is 0 Å². The average molecular weight is 339 g/mol. The summed E-state index contributed by atoms with van der Waals surface area (Å²) in [6.45, 7) is 6.95. The molecule has 1 saturated heterocycles. The maximum Gasteiger partial charge on any atom is 0.254 e. The van der Waals surface area contributed by atoms with Crippen molar-refractivity contribution in [2.45, 2.75) is 39.2 Å². The lowest BCUT2D eigenvalue weighted by Crippen LogP contribution is -2.49. The summed E-state index contributed by atoms with van der Waals surface area (Å²) in [7, 11) is 0. The highest BCUT2D eigenvalue weighted by Crippen LogP contribution is 2.20. The number of hydrogen-bond donors (Lipinski definition) is 1. The average Bonchev–Trinajstić information content (AvgIpc) is 2.45. The lowest BCUT2D eigenvalue weighted by atomic mass is 10.0. The van der Waals surface area contributed by atoms with Crippen LogP contribution in [0, 0.1) is 6.92 Å². The Hall–Kier alpha value is -0.870. The Labute approximate surface area is 129 Å². The van der Waals surface area contributed by atoms with Crippen LogP contribution in [0.25, 0.3) is 0 Å². The van der Waals surface area contributed by atoms with Gasteiger partial charge < -0.3 is 10.2 Å². The lowest BCUT2D eigenvalue weighted by Gasteiger charge is -2.35. The number of nitrogens with zero attached hydrogens (tertiary/aromatic N) is 1. The van der Waals surface area contributed by atoms with Crippen molar-refractivity contribution < 1.29 is 4.79 Å². The summed E-state index contributed by atoms with van der Waals surface area (Å²) < 4.78 is 1.02. The van der Waals surface area contributed by atoms with Crippen LogP contribution in [0.15, 0.2) is 22.7 Å². The summed E-state index contributed by atoms with van der Waals surface area (Å²) in [6.07, 6.45) is 3.25. The Morgan fingerprint density at radius 3 is 2.90 bits per heavy atom. The molecular formula is C16H23BrN2O. The highest BCUT2D eigenvalue weighted by Gasteiger charge is 2.26. The van der Waals surface area contributed by atoms with E-state index in [0.717, 1.165) is 54.5 Å². The largest absolute Gasteiger partial charge is 0.334 e. The van der Waals surface area contributed by atoms with Crippen LogP contribution in [-0.4, -0.2) is 36.5 Å². The molecule has 0 aromatic heterocycles. The van der Waals surface area contributed by atoms with E-state index in [1.54, 1.807) is 0 Å². The predicted octanol–water partition coefficient (Wildman–Crippen LogP) is 3.36. The molecular weight excluding hydrogens is 316 g/mol. The second-order valence-corrected chi connectivity index (χ2v) is 6.37. The lowest BCUT2D eigenvalue weighted by molar-refractivity contribution is 0.0648. The van der Waals surface area contributed by atoms with Gasteiger partial charge in [0.05, 0.1) is 0 Å². The smallest absolute Gasteiger partial charge is 0.254 e. The minimum Gasteiger partial charge on any atom is -0.334 e. The van der Waals surface area contributed by atoms with Gasteiger partial charge in [-0.1, -0.05) is 22.9 Å². The van der Waals surface area contributed by atoms with E-state index >= 15 is 0 Å². The number of nitrogens with one attached hydrogen (secondary N) is 1. The van der Waals surface area contributed by atoms with Gasteiger partial charge in [0.25, 0.3) is 5.91 Å². The highest BCUT2D eigenvalue weighted by atomic mass is 79.9. The monoisotopic (exact) mass is 338 g/mol. The molecule has 0 bridgehead atoms. The van der Waals surface area contributed by atoms with Crippen molar-refractivity contribution >= 4 is 21.8 Å². The minimum absolute atomic E-state index is 0.172. The summed E-state index contributed by atoms with van der Waals surface area (Å²) in [4.78, 5) is 14.9. The van der Waals surface area contributed by atoms with Crippen molar-refractivity contribution in [1.29, 1.82) is 0 Å². The second kappa shape index (κ2) is 7.23. The van der Waals surface area contributed by atoms with Crippen molar-refractivity contribution in [1.82, 2.24) is 10.2 Å². The molecule has 1 fully saturated rings. The van der Waals surface area contributed by atoms with Gasteiger partial charge >= 0.3 is 0 Å². The zero-order valence-corrected chi connectivity index (χ0v) is 13.9. The molecule has 4 heteroatoms. The molecule has 0 aliphatic carbocycles. The number of benzene rings is 1. The molecule has 0 spiro atoms. The molecule has 20 heavy (non-hydrogen) atoms. The van der Waals surface area contributed by atoms with Gasteiger partial charge in [-0.15, -0.1) is 0 Å². The summed E-state index contributed by atoms with van der Waals surface area (Å²) >= 11 is 3.45. The number of amides is 1. The van der Waals surface area contributed by atoms with Crippen LogP contribution in [0.5, 0.6) is 0 Å². The third kappa shape index (κ3) is 3.61. The first kappa shape index (κ1) is 15.5. The Morgan fingerprint density at radius 2 is 2.30 bits per heavy atom. The van der Waals surface area contributed by atoms with Crippen LogP contribution >= 0.6 is 15.9 Å². The number of halogens is 1. The second-order valence-electron chi connectivity index (χ2n) is 5.46. The molecule has 1 aliphatic rings. The van der Waals surface area contributed by atoms with Gasteiger partial charge in [-0.3, -0.25) is 4.79 Å². The van der Waals surface area contributed by atoms with Crippen LogP contribution in [0.4, 0.5) is 0 Å². The molecule has 3 nitrogen and oxygen atoms in total. The fourth-order valence-electron chi connectivity index (χ4n) is 2.81. The quantitative estimate of drug-likeness (QED) is 0.912. The van der Waals surface area contributed by atoms with Crippen molar-refractivity contribution in [2.24, 2.45) is 0 Å². The van der Waals surface area contributed by atoms with Crippen molar-refractivity contribution in [2.75, 3.05) is 19.6 Å². The number of hydrogen-bond acceptors (Lipinski definition) is 2. The van der Waals surface area contributed by atoms with E-state index < -0.39 is 0 Å². The Kier molecular flexibility index (Phi) is 5.61. The van der Waals surface area contributed by atoms with E-state index in [1.807, 2.05) is 25.1 Å². The maximum absolute atomic E-state index is 12.8. The Bertz CT molecular complexity index is 470. The van der Waals surface area contributed by atoms with Gasteiger partial charge in [0.2, 0.25) is 0 Å². The van der Waals surface area contributed by atoms with Gasteiger partial charge in [-0.05, 0) is 56.5 Å². The normalized spacial score (nSPS) is 18.9. The molecule has 1 aliphatic heterocycles. The molecule has 1 N–H and O–H groups in total.